The molecule has 94 valence electrons. The van der Waals surface area contributed by atoms with Gasteiger partial charge in [-0.2, -0.15) is 0 Å². The molecule has 1 unspecified atom stereocenters. The highest BCUT2D eigenvalue weighted by atomic mass is 16.6. The molecule has 0 bridgehead atoms. The second kappa shape index (κ2) is 4.91. The van der Waals surface area contributed by atoms with E-state index in [2.05, 4.69) is 5.32 Å². The molecule has 0 fully saturated rings. The number of furan rings is 1. The van der Waals surface area contributed by atoms with Crippen LogP contribution >= 0.6 is 0 Å². The fraction of sp³-hybridized carbons (Fsp3) is 0.231. The van der Waals surface area contributed by atoms with Gasteiger partial charge in [-0.1, -0.05) is 6.07 Å². The Balaban J connectivity index is 2.20. The maximum atomic E-state index is 10.8. The van der Waals surface area contributed by atoms with Crippen molar-refractivity contribution >= 4 is 11.4 Å². The molecule has 0 spiro atoms. The molecule has 1 N–H and O–H groups in total. The largest absolute Gasteiger partial charge is 0.467 e. The summed E-state index contributed by atoms with van der Waals surface area (Å²) in [6.07, 6.45) is 1.60. The summed E-state index contributed by atoms with van der Waals surface area (Å²) in [7, 11) is 0. The molecule has 5 heteroatoms. The van der Waals surface area contributed by atoms with E-state index in [1.54, 1.807) is 19.3 Å². The molecule has 1 heterocycles. The van der Waals surface area contributed by atoms with E-state index in [0.717, 1.165) is 5.76 Å². The van der Waals surface area contributed by atoms with Crippen LogP contribution in [0.5, 0.6) is 0 Å². The van der Waals surface area contributed by atoms with Crippen molar-refractivity contribution in [2.75, 3.05) is 5.32 Å². The molecule has 0 aliphatic carbocycles. The number of benzene rings is 1. The quantitative estimate of drug-likeness (QED) is 0.660. The lowest BCUT2D eigenvalue weighted by Gasteiger charge is -2.13. The number of aryl methyl sites for hydroxylation is 1. The van der Waals surface area contributed by atoms with Crippen LogP contribution in [0.4, 0.5) is 11.4 Å². The van der Waals surface area contributed by atoms with E-state index in [4.69, 9.17) is 4.42 Å². The molecule has 1 aromatic heterocycles. The summed E-state index contributed by atoms with van der Waals surface area (Å²) in [6, 6.07) is 8.72. The zero-order valence-electron chi connectivity index (χ0n) is 10.2. The van der Waals surface area contributed by atoms with Gasteiger partial charge in [0.1, 0.15) is 5.76 Å². The number of nitro groups is 1. The summed E-state index contributed by atoms with van der Waals surface area (Å²) < 4.78 is 5.27. The molecular formula is C13H14N2O3. The third-order valence-corrected chi connectivity index (χ3v) is 2.76. The topological polar surface area (TPSA) is 68.3 Å². The van der Waals surface area contributed by atoms with E-state index in [1.807, 2.05) is 25.1 Å². The lowest BCUT2D eigenvalue weighted by atomic mass is 10.1. The number of hydrogen-bond acceptors (Lipinski definition) is 4. The first-order valence-electron chi connectivity index (χ1n) is 5.63. The first-order valence-corrected chi connectivity index (χ1v) is 5.63. The molecule has 0 saturated heterocycles. The predicted molar refractivity (Wildman–Crippen MR) is 68.6 cm³/mol. The van der Waals surface area contributed by atoms with Crippen LogP contribution in [0.25, 0.3) is 0 Å². The number of nitrogens with one attached hydrogen (secondary N) is 1. The van der Waals surface area contributed by atoms with Crippen LogP contribution in [0, 0.1) is 17.0 Å². The number of nitro benzene ring substituents is 1. The summed E-state index contributed by atoms with van der Waals surface area (Å²) in [4.78, 5) is 10.5. The fourth-order valence-corrected chi connectivity index (χ4v) is 1.75. The van der Waals surface area contributed by atoms with E-state index in [0.29, 0.717) is 11.3 Å². The number of hydrogen-bond donors (Lipinski definition) is 1. The molecule has 0 aliphatic rings. The molecular weight excluding hydrogens is 232 g/mol. The van der Waals surface area contributed by atoms with Crippen LogP contribution < -0.4 is 5.32 Å². The van der Waals surface area contributed by atoms with Crippen molar-refractivity contribution in [1.29, 1.82) is 0 Å². The maximum Gasteiger partial charge on any atom is 0.274 e. The molecule has 0 saturated carbocycles. The van der Waals surface area contributed by atoms with Crippen molar-refractivity contribution in [2.45, 2.75) is 19.9 Å². The average Bonchev–Trinajstić information content (AvgIpc) is 2.85. The molecule has 18 heavy (non-hydrogen) atoms. The standard InChI is InChI=1S/C13H14N2O3/c1-9-5-6-11(8-12(9)15(16)17)14-10(2)13-4-3-7-18-13/h3-8,10,14H,1-2H3. The summed E-state index contributed by atoms with van der Waals surface area (Å²) in [5, 5.41) is 14.0. The number of anilines is 1. The van der Waals surface area contributed by atoms with Crippen LogP contribution in [0.3, 0.4) is 0 Å². The molecule has 0 radical (unpaired) electrons. The Labute approximate surface area is 105 Å². The minimum Gasteiger partial charge on any atom is -0.467 e. The Morgan fingerprint density at radius 1 is 1.39 bits per heavy atom. The van der Waals surface area contributed by atoms with Gasteiger partial charge >= 0.3 is 0 Å². The van der Waals surface area contributed by atoms with Crippen molar-refractivity contribution in [1.82, 2.24) is 0 Å². The molecule has 1 aromatic carbocycles. The van der Waals surface area contributed by atoms with Crippen molar-refractivity contribution in [3.63, 3.8) is 0 Å². The molecule has 1 atom stereocenters. The van der Waals surface area contributed by atoms with Crippen molar-refractivity contribution in [2.24, 2.45) is 0 Å². The predicted octanol–water partition coefficient (Wildman–Crippen LogP) is 3.67. The highest BCUT2D eigenvalue weighted by molar-refractivity contribution is 5.55. The van der Waals surface area contributed by atoms with E-state index in [1.165, 1.54) is 6.07 Å². The second-order valence-electron chi connectivity index (χ2n) is 4.14. The van der Waals surface area contributed by atoms with Gasteiger partial charge in [0, 0.05) is 17.3 Å². The summed E-state index contributed by atoms with van der Waals surface area (Å²) in [5.74, 6) is 0.790. The van der Waals surface area contributed by atoms with E-state index in [9.17, 15) is 10.1 Å². The minimum absolute atomic E-state index is 0.0395. The minimum atomic E-state index is -0.377. The first-order chi connectivity index (χ1) is 8.58. The lowest BCUT2D eigenvalue weighted by Crippen LogP contribution is -2.06. The maximum absolute atomic E-state index is 10.8. The molecule has 5 nitrogen and oxygen atoms in total. The number of nitrogens with zero attached hydrogens (tertiary/aromatic N) is 1. The monoisotopic (exact) mass is 246 g/mol. The van der Waals surface area contributed by atoms with Gasteiger partial charge in [0.05, 0.1) is 17.2 Å². The molecule has 0 aliphatic heterocycles. The Hall–Kier alpha value is -2.30. The summed E-state index contributed by atoms with van der Waals surface area (Å²) in [6.45, 7) is 3.66. The van der Waals surface area contributed by atoms with Crippen LogP contribution in [-0.4, -0.2) is 4.92 Å². The zero-order valence-corrected chi connectivity index (χ0v) is 10.2. The summed E-state index contributed by atoms with van der Waals surface area (Å²) in [5.41, 5.74) is 1.47. The number of rotatable bonds is 4. The highest BCUT2D eigenvalue weighted by Gasteiger charge is 2.13. The van der Waals surface area contributed by atoms with E-state index in [-0.39, 0.29) is 16.7 Å². The van der Waals surface area contributed by atoms with E-state index < -0.39 is 0 Å². The lowest BCUT2D eigenvalue weighted by molar-refractivity contribution is -0.385. The first kappa shape index (κ1) is 12.2. The Bertz CT molecular complexity index is 549. The van der Waals surface area contributed by atoms with Crippen LogP contribution in [0.1, 0.15) is 24.3 Å². The average molecular weight is 246 g/mol. The molecule has 0 amide bonds. The van der Waals surface area contributed by atoms with Gasteiger partial charge in [0.25, 0.3) is 5.69 Å². The van der Waals surface area contributed by atoms with Crippen LogP contribution in [0.2, 0.25) is 0 Å². The second-order valence-corrected chi connectivity index (χ2v) is 4.14. The normalized spacial score (nSPS) is 12.1. The van der Waals surface area contributed by atoms with Crippen molar-refractivity contribution in [3.8, 4) is 0 Å². The van der Waals surface area contributed by atoms with Crippen molar-refractivity contribution in [3.05, 3.63) is 58.0 Å². The summed E-state index contributed by atoms with van der Waals surface area (Å²) >= 11 is 0. The van der Waals surface area contributed by atoms with E-state index >= 15 is 0 Å². The van der Waals surface area contributed by atoms with Crippen LogP contribution in [0.15, 0.2) is 41.0 Å². The van der Waals surface area contributed by atoms with Gasteiger partial charge < -0.3 is 9.73 Å². The third kappa shape index (κ3) is 2.51. The third-order valence-electron chi connectivity index (χ3n) is 2.76. The highest BCUT2D eigenvalue weighted by Crippen LogP contribution is 2.25. The van der Waals surface area contributed by atoms with Gasteiger partial charge in [0.2, 0.25) is 0 Å². The van der Waals surface area contributed by atoms with Gasteiger partial charge in [-0.15, -0.1) is 0 Å². The molecule has 2 rings (SSSR count). The Morgan fingerprint density at radius 2 is 2.17 bits per heavy atom. The van der Waals surface area contributed by atoms with Gasteiger partial charge in [-0.25, -0.2) is 0 Å². The zero-order chi connectivity index (χ0) is 13.1. The van der Waals surface area contributed by atoms with Crippen molar-refractivity contribution < 1.29 is 9.34 Å². The van der Waals surface area contributed by atoms with Gasteiger partial charge in [0.15, 0.2) is 0 Å². The fourth-order valence-electron chi connectivity index (χ4n) is 1.75. The van der Waals surface area contributed by atoms with Crippen LogP contribution in [-0.2, 0) is 0 Å². The SMILES string of the molecule is Cc1ccc(NC(C)c2ccco2)cc1[N+](=O)[O-]. The Kier molecular flexibility index (Phi) is 3.32. The smallest absolute Gasteiger partial charge is 0.274 e. The Morgan fingerprint density at radius 3 is 2.78 bits per heavy atom. The molecule has 2 aromatic rings. The van der Waals surface area contributed by atoms with Gasteiger partial charge in [-0.05, 0) is 32.0 Å². The van der Waals surface area contributed by atoms with Gasteiger partial charge in [-0.3, -0.25) is 10.1 Å².